The average molecular weight is 383 g/mol. The summed E-state index contributed by atoms with van der Waals surface area (Å²) < 4.78 is 0. The molecular weight excluding hydrogens is 352 g/mol. The zero-order valence-corrected chi connectivity index (χ0v) is 18.5. The van der Waals surface area contributed by atoms with Gasteiger partial charge in [-0.05, 0) is 52.0 Å². The molecule has 2 atom stereocenters. The minimum absolute atomic E-state index is 0.102. The summed E-state index contributed by atoms with van der Waals surface area (Å²) >= 11 is 6.80. The number of benzene rings is 2. The Bertz CT molecular complexity index is 690. The van der Waals surface area contributed by atoms with Gasteiger partial charge in [0.2, 0.25) is 0 Å². The molecule has 0 radical (unpaired) electrons. The fraction of sp³-hybridized carbons (Fsp3) is 0.333. The lowest BCUT2D eigenvalue weighted by Crippen LogP contribution is -2.29. The van der Waals surface area contributed by atoms with E-state index in [1.807, 2.05) is 12.2 Å². The summed E-state index contributed by atoms with van der Waals surface area (Å²) in [6, 6.07) is 17.6. The summed E-state index contributed by atoms with van der Waals surface area (Å²) in [5, 5.41) is 0.102. The second kappa shape index (κ2) is 9.39. The van der Waals surface area contributed by atoms with Crippen LogP contribution in [0.3, 0.4) is 0 Å². The normalized spacial score (nSPS) is 16.2. The van der Waals surface area contributed by atoms with Gasteiger partial charge >= 0.3 is 0 Å². The van der Waals surface area contributed by atoms with E-state index in [4.69, 9.17) is 11.1 Å². The van der Waals surface area contributed by atoms with E-state index in [1.54, 1.807) is 0 Å². The molecule has 0 aliphatic rings. The highest BCUT2D eigenvalue weighted by molar-refractivity contribution is 6.95. The van der Waals surface area contributed by atoms with Gasteiger partial charge in [-0.15, -0.1) is 0 Å². The number of halogens is 1. The molecule has 0 aromatic heterocycles. The van der Waals surface area contributed by atoms with Crippen molar-refractivity contribution >= 4 is 32.1 Å². The second-order valence-corrected chi connectivity index (χ2v) is 9.90. The third-order valence-electron chi connectivity index (χ3n) is 5.79. The summed E-state index contributed by atoms with van der Waals surface area (Å²) in [6.45, 7) is 14.9. The van der Waals surface area contributed by atoms with Gasteiger partial charge < -0.3 is 0 Å². The van der Waals surface area contributed by atoms with Gasteiger partial charge in [0.25, 0.3) is 0 Å². The molecular formula is C24H31ClSi. The van der Waals surface area contributed by atoms with Crippen LogP contribution in [-0.2, 0) is 0 Å². The van der Waals surface area contributed by atoms with Crippen LogP contribution < -0.4 is 0 Å². The molecule has 0 bridgehead atoms. The first-order valence-electron chi connectivity index (χ1n) is 9.54. The Hall–Kier alpha value is -1.57. The fourth-order valence-corrected chi connectivity index (χ4v) is 6.94. The van der Waals surface area contributed by atoms with Crippen LogP contribution >= 0.6 is 11.1 Å². The quantitative estimate of drug-likeness (QED) is 0.318. The van der Waals surface area contributed by atoms with Gasteiger partial charge in [0.05, 0.1) is 0 Å². The van der Waals surface area contributed by atoms with Crippen LogP contribution in [0.4, 0.5) is 0 Å². The zero-order valence-electron chi connectivity index (χ0n) is 16.3. The van der Waals surface area contributed by atoms with Crippen LogP contribution in [0.1, 0.15) is 67.7 Å². The predicted octanol–water partition coefficient (Wildman–Crippen LogP) is 7.16. The second-order valence-electron chi connectivity index (χ2n) is 7.31. The van der Waals surface area contributed by atoms with E-state index in [2.05, 4.69) is 82.5 Å². The van der Waals surface area contributed by atoms with Crippen LogP contribution in [-0.4, -0.2) is 8.83 Å². The lowest BCUT2D eigenvalue weighted by molar-refractivity contribution is 0.383. The van der Waals surface area contributed by atoms with E-state index < -0.39 is 8.83 Å². The Kier molecular flexibility index (Phi) is 7.49. The van der Waals surface area contributed by atoms with Crippen LogP contribution in [0.15, 0.2) is 61.7 Å². The third kappa shape index (κ3) is 4.21. The van der Waals surface area contributed by atoms with Crippen molar-refractivity contribution < 1.29 is 0 Å². The summed E-state index contributed by atoms with van der Waals surface area (Å²) in [4.78, 5) is 0. The van der Waals surface area contributed by atoms with Gasteiger partial charge in [0, 0.05) is 0 Å². The van der Waals surface area contributed by atoms with Gasteiger partial charge in [0.1, 0.15) is 8.83 Å². The van der Waals surface area contributed by atoms with Gasteiger partial charge in [-0.3, -0.25) is 0 Å². The summed E-state index contributed by atoms with van der Waals surface area (Å²) in [5.74, 6) is 0.896. The molecule has 0 aliphatic carbocycles. The molecule has 0 N–H and O–H groups in total. The van der Waals surface area contributed by atoms with Crippen molar-refractivity contribution in [3.05, 3.63) is 83.9 Å². The summed E-state index contributed by atoms with van der Waals surface area (Å²) in [6.07, 6.45) is 6.04. The lowest BCUT2D eigenvalue weighted by Gasteiger charge is -2.43. The molecule has 0 heterocycles. The van der Waals surface area contributed by atoms with Crippen molar-refractivity contribution in [2.45, 2.75) is 50.5 Å². The Morgan fingerprint density at radius 3 is 1.65 bits per heavy atom. The van der Waals surface area contributed by atoms with E-state index >= 15 is 0 Å². The van der Waals surface area contributed by atoms with Crippen LogP contribution in [0.5, 0.6) is 0 Å². The fourth-order valence-electron chi connectivity index (χ4n) is 4.40. The van der Waals surface area contributed by atoms with Crippen molar-refractivity contribution in [1.82, 2.24) is 0 Å². The number of rotatable bonds is 9. The Morgan fingerprint density at radius 2 is 1.35 bits per heavy atom. The maximum atomic E-state index is 6.80. The van der Waals surface area contributed by atoms with E-state index in [0.717, 1.165) is 12.8 Å². The third-order valence-corrected chi connectivity index (χ3v) is 9.08. The Balaban J connectivity index is 2.53. The maximum Gasteiger partial charge on any atom is 0.132 e. The van der Waals surface area contributed by atoms with Crippen molar-refractivity contribution in [2.24, 2.45) is 0 Å². The van der Waals surface area contributed by atoms with E-state index in [9.17, 15) is 0 Å². The van der Waals surface area contributed by atoms with Crippen LogP contribution in [0, 0.1) is 0 Å². The minimum Gasteiger partial charge on any atom is -0.176 e. The van der Waals surface area contributed by atoms with E-state index in [-0.39, 0.29) is 5.04 Å². The lowest BCUT2D eigenvalue weighted by atomic mass is 9.72. The molecule has 138 valence electrons. The molecule has 2 rings (SSSR count). The standard InChI is InChI=1S/C24H31ClSi/c1-6-18-12-10-14-20(16-18)22(8-3)24(5,26-25)23(9-4)21-15-11-13-19(7-2)17-21/h6-7,10-17,22-23H,1-2,8-9,26H2,3-5H3. The summed E-state index contributed by atoms with van der Waals surface area (Å²) in [7, 11) is -0.790. The van der Waals surface area contributed by atoms with Crippen molar-refractivity contribution in [3.8, 4) is 0 Å². The molecule has 0 aliphatic heterocycles. The Labute approximate surface area is 166 Å². The minimum atomic E-state index is -0.790. The molecule has 0 saturated heterocycles. The van der Waals surface area contributed by atoms with Crippen molar-refractivity contribution in [1.29, 1.82) is 0 Å². The molecule has 2 aromatic rings. The highest BCUT2D eigenvalue weighted by Gasteiger charge is 2.41. The molecule has 0 fully saturated rings. The van der Waals surface area contributed by atoms with Crippen LogP contribution in [0.25, 0.3) is 12.2 Å². The summed E-state index contributed by atoms with van der Waals surface area (Å²) in [5.41, 5.74) is 5.14. The Morgan fingerprint density at radius 1 is 0.923 bits per heavy atom. The molecule has 2 aromatic carbocycles. The monoisotopic (exact) mass is 382 g/mol. The molecule has 2 unspecified atom stereocenters. The smallest absolute Gasteiger partial charge is 0.132 e. The first-order chi connectivity index (χ1) is 12.5. The topological polar surface area (TPSA) is 0 Å². The largest absolute Gasteiger partial charge is 0.176 e. The molecule has 0 spiro atoms. The van der Waals surface area contributed by atoms with Gasteiger partial charge in [-0.1, -0.05) is 94.6 Å². The molecule has 0 saturated carbocycles. The van der Waals surface area contributed by atoms with E-state index in [1.165, 1.54) is 22.3 Å². The number of hydrogen-bond donors (Lipinski definition) is 0. The van der Waals surface area contributed by atoms with Crippen molar-refractivity contribution in [2.75, 3.05) is 0 Å². The number of hydrogen-bond acceptors (Lipinski definition) is 0. The average Bonchev–Trinajstić information content (AvgIpc) is 2.69. The van der Waals surface area contributed by atoms with Crippen molar-refractivity contribution in [3.63, 3.8) is 0 Å². The first-order valence-corrected chi connectivity index (χ1v) is 12.4. The first kappa shape index (κ1) is 20.7. The van der Waals surface area contributed by atoms with Gasteiger partial charge in [0.15, 0.2) is 0 Å². The zero-order chi connectivity index (χ0) is 19.2. The van der Waals surface area contributed by atoms with Gasteiger partial charge in [-0.2, -0.15) is 11.1 Å². The predicted molar refractivity (Wildman–Crippen MR) is 122 cm³/mol. The van der Waals surface area contributed by atoms with E-state index in [0.29, 0.717) is 11.8 Å². The SMILES string of the molecule is C=Cc1cccc(C(CC)C(C)([SiH2]Cl)C(CC)c2cccc(C=C)c2)c1. The van der Waals surface area contributed by atoms with Gasteiger partial charge in [-0.25, -0.2) is 0 Å². The molecule has 0 amide bonds. The highest BCUT2D eigenvalue weighted by Crippen LogP contribution is 2.55. The molecule has 26 heavy (non-hydrogen) atoms. The molecule has 0 nitrogen and oxygen atoms in total. The molecule has 2 heteroatoms. The maximum absolute atomic E-state index is 6.80. The highest BCUT2D eigenvalue weighted by atomic mass is 35.6. The van der Waals surface area contributed by atoms with Crippen LogP contribution in [0.2, 0.25) is 5.04 Å².